The summed E-state index contributed by atoms with van der Waals surface area (Å²) in [6.07, 6.45) is 15.4. The van der Waals surface area contributed by atoms with E-state index in [1.165, 1.54) is 51.4 Å². The maximum absolute atomic E-state index is 10.7. The average molecular weight is 284 g/mol. The molecule has 0 unspecified atom stereocenters. The molecule has 0 aromatic carbocycles. The van der Waals surface area contributed by atoms with Crippen molar-refractivity contribution in [1.29, 1.82) is 0 Å². The van der Waals surface area contributed by atoms with Gasteiger partial charge in [-0.05, 0) is 25.8 Å². The van der Waals surface area contributed by atoms with Gasteiger partial charge < -0.3 is 9.47 Å². The number of carbonyl (C=O) groups is 1. The highest BCUT2D eigenvalue weighted by Crippen LogP contribution is 2.11. The molecule has 0 saturated carbocycles. The lowest BCUT2D eigenvalue weighted by Gasteiger charge is -2.04. The van der Waals surface area contributed by atoms with Crippen molar-refractivity contribution >= 4 is 6.29 Å². The van der Waals surface area contributed by atoms with E-state index < -0.39 is 0 Å². The van der Waals surface area contributed by atoms with E-state index in [4.69, 9.17) is 9.47 Å². The molecule has 3 heteroatoms. The Morgan fingerprint density at radius 3 is 2.05 bits per heavy atom. The third kappa shape index (κ3) is 13.6. The molecule has 0 spiro atoms. The molecule has 0 radical (unpaired) electrons. The van der Waals surface area contributed by atoms with E-state index in [9.17, 15) is 4.79 Å². The van der Waals surface area contributed by atoms with Gasteiger partial charge in [0.1, 0.15) is 0 Å². The zero-order valence-electron chi connectivity index (χ0n) is 13.4. The van der Waals surface area contributed by atoms with Gasteiger partial charge in [-0.1, -0.05) is 58.3 Å². The number of allylic oxidation sites excluding steroid dienone is 2. The second kappa shape index (κ2) is 16.2. The lowest BCUT2D eigenvalue weighted by atomic mass is 10.1. The molecule has 0 aliphatic rings. The van der Waals surface area contributed by atoms with Gasteiger partial charge in [0, 0.05) is 6.61 Å². The molecule has 0 aromatic heterocycles. The van der Waals surface area contributed by atoms with E-state index in [2.05, 4.69) is 6.92 Å². The Morgan fingerprint density at radius 1 is 0.900 bits per heavy atom. The maximum Gasteiger partial charge on any atom is 0.189 e. The highest BCUT2D eigenvalue weighted by Gasteiger charge is 1.96. The van der Waals surface area contributed by atoms with E-state index in [0.717, 1.165) is 19.1 Å². The molecule has 0 N–H and O–H groups in total. The number of hydrogen-bond donors (Lipinski definition) is 0. The van der Waals surface area contributed by atoms with Gasteiger partial charge >= 0.3 is 0 Å². The van der Waals surface area contributed by atoms with Crippen LogP contribution < -0.4 is 0 Å². The molecule has 0 amide bonds. The van der Waals surface area contributed by atoms with Crippen LogP contribution in [0, 0.1) is 0 Å². The summed E-state index contributed by atoms with van der Waals surface area (Å²) in [6, 6.07) is 0. The Balaban J connectivity index is 3.37. The second-order valence-corrected chi connectivity index (χ2v) is 5.10. The Hall–Kier alpha value is -0.830. The fourth-order valence-corrected chi connectivity index (χ4v) is 2.03. The Kier molecular flexibility index (Phi) is 15.6. The summed E-state index contributed by atoms with van der Waals surface area (Å²) < 4.78 is 10.2. The minimum absolute atomic E-state index is 0.166. The van der Waals surface area contributed by atoms with Crippen molar-refractivity contribution in [1.82, 2.24) is 0 Å². The molecular formula is C17H32O3. The van der Waals surface area contributed by atoms with Crippen molar-refractivity contribution in [3.63, 3.8) is 0 Å². The number of aldehydes is 1. The molecule has 0 rings (SSSR count). The number of carbonyl (C=O) groups excluding carboxylic acids is 1. The standard InChI is InChI=1S/C17H32O3/c1-3-5-6-7-8-9-10-11-12-13-14-17(15-18)20-16-19-4-2/h14-15H,3-13,16H2,1-2H3. The first-order valence-corrected chi connectivity index (χ1v) is 8.21. The van der Waals surface area contributed by atoms with Crippen molar-refractivity contribution in [3.8, 4) is 0 Å². The van der Waals surface area contributed by atoms with Crippen molar-refractivity contribution in [2.24, 2.45) is 0 Å². The van der Waals surface area contributed by atoms with Crippen LogP contribution >= 0.6 is 0 Å². The maximum atomic E-state index is 10.7. The Bertz CT molecular complexity index is 236. The fourth-order valence-electron chi connectivity index (χ4n) is 2.03. The summed E-state index contributed by atoms with van der Waals surface area (Å²) in [4.78, 5) is 10.7. The highest BCUT2D eigenvalue weighted by molar-refractivity contribution is 5.69. The molecule has 0 aliphatic carbocycles. The third-order valence-electron chi connectivity index (χ3n) is 3.28. The first kappa shape index (κ1) is 19.2. The summed E-state index contributed by atoms with van der Waals surface area (Å²) >= 11 is 0. The summed E-state index contributed by atoms with van der Waals surface area (Å²) in [5.74, 6) is 0.401. The average Bonchev–Trinajstić information content (AvgIpc) is 2.47. The molecule has 0 heterocycles. The lowest BCUT2D eigenvalue weighted by molar-refractivity contribution is -0.110. The molecule has 0 saturated heterocycles. The predicted octanol–water partition coefficient (Wildman–Crippen LogP) is 5.00. The van der Waals surface area contributed by atoms with Crippen LogP contribution in [0.15, 0.2) is 11.8 Å². The van der Waals surface area contributed by atoms with E-state index >= 15 is 0 Å². The van der Waals surface area contributed by atoms with Crippen LogP contribution in [0.4, 0.5) is 0 Å². The van der Waals surface area contributed by atoms with E-state index in [1.807, 2.05) is 13.0 Å². The Labute approximate surface area is 124 Å². The third-order valence-corrected chi connectivity index (χ3v) is 3.28. The SMILES string of the molecule is CCCCCCCCCCCC=C(C=O)OCOCC. The number of hydrogen-bond acceptors (Lipinski definition) is 3. The topological polar surface area (TPSA) is 35.5 Å². The largest absolute Gasteiger partial charge is 0.464 e. The van der Waals surface area contributed by atoms with Gasteiger partial charge in [-0.15, -0.1) is 0 Å². The quantitative estimate of drug-likeness (QED) is 0.139. The zero-order valence-corrected chi connectivity index (χ0v) is 13.4. The summed E-state index contributed by atoms with van der Waals surface area (Å²) in [5, 5.41) is 0. The fraction of sp³-hybridized carbons (Fsp3) is 0.824. The van der Waals surface area contributed by atoms with Gasteiger partial charge in [-0.2, -0.15) is 0 Å². The number of rotatable bonds is 15. The van der Waals surface area contributed by atoms with Gasteiger partial charge in [0.15, 0.2) is 18.8 Å². The lowest BCUT2D eigenvalue weighted by Crippen LogP contribution is -2.00. The van der Waals surface area contributed by atoms with Crippen molar-refractivity contribution in [2.45, 2.75) is 78.1 Å². The molecule has 0 bridgehead atoms. The number of unbranched alkanes of at least 4 members (excludes halogenated alkanes) is 9. The van der Waals surface area contributed by atoms with Crippen LogP contribution in [-0.4, -0.2) is 19.7 Å². The Morgan fingerprint density at radius 2 is 1.50 bits per heavy atom. The van der Waals surface area contributed by atoms with Gasteiger partial charge in [-0.25, -0.2) is 0 Å². The summed E-state index contributed by atoms with van der Waals surface area (Å²) in [6.45, 7) is 4.92. The van der Waals surface area contributed by atoms with Crippen molar-refractivity contribution in [2.75, 3.05) is 13.4 Å². The van der Waals surface area contributed by atoms with E-state index in [0.29, 0.717) is 12.4 Å². The highest BCUT2D eigenvalue weighted by atomic mass is 16.7. The van der Waals surface area contributed by atoms with Crippen LogP contribution in [0.1, 0.15) is 78.1 Å². The van der Waals surface area contributed by atoms with Crippen LogP contribution in [0.25, 0.3) is 0 Å². The first-order valence-electron chi connectivity index (χ1n) is 8.21. The molecule has 3 nitrogen and oxygen atoms in total. The van der Waals surface area contributed by atoms with E-state index in [-0.39, 0.29) is 6.79 Å². The number of ether oxygens (including phenoxy) is 2. The predicted molar refractivity (Wildman–Crippen MR) is 83.6 cm³/mol. The normalized spacial score (nSPS) is 11.6. The molecule has 0 aliphatic heterocycles. The van der Waals surface area contributed by atoms with Gasteiger partial charge in [-0.3, -0.25) is 4.79 Å². The minimum Gasteiger partial charge on any atom is -0.464 e. The monoisotopic (exact) mass is 284 g/mol. The molecule has 0 aromatic rings. The van der Waals surface area contributed by atoms with Crippen LogP contribution in [0.5, 0.6) is 0 Å². The van der Waals surface area contributed by atoms with Gasteiger partial charge in [0.25, 0.3) is 0 Å². The smallest absolute Gasteiger partial charge is 0.189 e. The van der Waals surface area contributed by atoms with Gasteiger partial charge in [0.05, 0.1) is 0 Å². The summed E-state index contributed by atoms with van der Waals surface area (Å²) in [5.41, 5.74) is 0. The minimum atomic E-state index is 0.166. The van der Waals surface area contributed by atoms with Crippen molar-refractivity contribution < 1.29 is 14.3 Å². The molecular weight excluding hydrogens is 252 g/mol. The summed E-state index contributed by atoms with van der Waals surface area (Å²) in [7, 11) is 0. The molecule has 118 valence electrons. The van der Waals surface area contributed by atoms with E-state index in [1.54, 1.807) is 0 Å². The van der Waals surface area contributed by atoms with Gasteiger partial charge in [0.2, 0.25) is 0 Å². The molecule has 0 atom stereocenters. The molecule has 20 heavy (non-hydrogen) atoms. The van der Waals surface area contributed by atoms with Crippen LogP contribution in [0.2, 0.25) is 0 Å². The zero-order chi connectivity index (χ0) is 14.9. The molecule has 0 fully saturated rings. The van der Waals surface area contributed by atoms with Crippen molar-refractivity contribution in [3.05, 3.63) is 11.8 Å². The first-order chi connectivity index (χ1) is 9.85. The second-order valence-electron chi connectivity index (χ2n) is 5.10. The van der Waals surface area contributed by atoms with Crippen LogP contribution in [-0.2, 0) is 14.3 Å². The van der Waals surface area contributed by atoms with Crippen LogP contribution in [0.3, 0.4) is 0 Å².